The zero-order chi connectivity index (χ0) is 19.9. The van der Waals surface area contributed by atoms with Gasteiger partial charge in [0.15, 0.2) is 11.5 Å². The molecule has 0 fully saturated rings. The average Bonchev–Trinajstić information content (AvgIpc) is 2.70. The zero-order valence-electron chi connectivity index (χ0n) is 16.0. The van der Waals surface area contributed by atoms with Crippen LogP contribution < -0.4 is 14.8 Å². The number of nitrogens with one attached hydrogen (secondary N) is 1. The molecule has 3 nitrogen and oxygen atoms in total. The number of aryl methyl sites for hydroxylation is 1. The molecule has 0 amide bonds. The Balaban J connectivity index is 1.65. The van der Waals surface area contributed by atoms with Gasteiger partial charge in [0.1, 0.15) is 12.4 Å². The Kier molecular flexibility index (Phi) is 6.90. The molecule has 3 rings (SSSR count). The summed E-state index contributed by atoms with van der Waals surface area (Å²) in [5, 5.41) is 3.95. The third-order valence-electron chi connectivity index (χ3n) is 4.44. The van der Waals surface area contributed by atoms with E-state index in [2.05, 4.69) is 36.5 Å². The number of hydrogen-bond donors (Lipinski definition) is 1. The topological polar surface area (TPSA) is 30.5 Å². The van der Waals surface area contributed by atoms with Crippen molar-refractivity contribution < 1.29 is 13.9 Å². The predicted octanol–water partition coefficient (Wildman–Crippen LogP) is 5.66. The number of hydrogen-bond acceptors (Lipinski definition) is 3. The molecule has 28 heavy (non-hydrogen) atoms. The van der Waals surface area contributed by atoms with Crippen molar-refractivity contribution in [2.24, 2.45) is 0 Å². The maximum absolute atomic E-state index is 13.8. The van der Waals surface area contributed by atoms with Crippen LogP contribution in [0.2, 0.25) is 5.02 Å². The largest absolute Gasteiger partial charge is 0.493 e. The van der Waals surface area contributed by atoms with E-state index in [9.17, 15) is 4.39 Å². The minimum atomic E-state index is -0.301. The summed E-state index contributed by atoms with van der Waals surface area (Å²) in [6.07, 6.45) is 0. The predicted molar refractivity (Wildman–Crippen MR) is 110 cm³/mol. The SMILES string of the molecule is COc1cc(CNCc2ccc(C)cc2)c(Cl)cc1OCc1ccccc1F. The summed E-state index contributed by atoms with van der Waals surface area (Å²) >= 11 is 6.42. The molecule has 0 saturated heterocycles. The third kappa shape index (κ3) is 5.24. The van der Waals surface area contributed by atoms with Crippen LogP contribution in [0.3, 0.4) is 0 Å². The molecule has 0 aliphatic carbocycles. The Labute approximate surface area is 170 Å². The molecule has 146 valence electrons. The first kappa shape index (κ1) is 20.2. The second-order valence-corrected chi connectivity index (χ2v) is 6.97. The van der Waals surface area contributed by atoms with Crippen LogP contribution in [0.5, 0.6) is 11.5 Å². The lowest BCUT2D eigenvalue weighted by Crippen LogP contribution is -2.13. The highest BCUT2D eigenvalue weighted by atomic mass is 35.5. The van der Waals surface area contributed by atoms with E-state index in [1.807, 2.05) is 6.07 Å². The average molecular weight is 400 g/mol. The Morgan fingerprint density at radius 2 is 1.68 bits per heavy atom. The van der Waals surface area contributed by atoms with Gasteiger partial charge in [-0.3, -0.25) is 0 Å². The van der Waals surface area contributed by atoms with Gasteiger partial charge in [0.2, 0.25) is 0 Å². The van der Waals surface area contributed by atoms with Crippen LogP contribution in [0, 0.1) is 12.7 Å². The number of rotatable bonds is 8. The summed E-state index contributed by atoms with van der Waals surface area (Å²) in [6, 6.07) is 18.5. The molecule has 3 aromatic rings. The molecule has 0 bridgehead atoms. The van der Waals surface area contributed by atoms with E-state index in [1.165, 1.54) is 17.2 Å². The minimum Gasteiger partial charge on any atom is -0.493 e. The van der Waals surface area contributed by atoms with Crippen molar-refractivity contribution in [2.75, 3.05) is 7.11 Å². The molecule has 0 saturated carbocycles. The summed E-state index contributed by atoms with van der Waals surface area (Å²) in [7, 11) is 1.57. The lowest BCUT2D eigenvalue weighted by atomic mass is 10.1. The number of methoxy groups -OCH3 is 1. The van der Waals surface area contributed by atoms with E-state index >= 15 is 0 Å². The molecule has 0 unspecified atom stereocenters. The standard InChI is InChI=1S/C23H23ClFNO2/c1-16-7-9-17(10-8-16)13-26-14-19-11-22(27-2)23(12-20(19)24)28-15-18-5-3-4-6-21(18)25/h3-12,26H,13-15H2,1-2H3. The first-order valence-electron chi connectivity index (χ1n) is 9.05. The van der Waals surface area contributed by atoms with Crippen LogP contribution in [0.25, 0.3) is 0 Å². The van der Waals surface area contributed by atoms with Gasteiger partial charge in [0, 0.05) is 29.7 Å². The Hall–Kier alpha value is -2.56. The van der Waals surface area contributed by atoms with E-state index in [1.54, 1.807) is 31.4 Å². The van der Waals surface area contributed by atoms with Gasteiger partial charge >= 0.3 is 0 Å². The first-order valence-corrected chi connectivity index (χ1v) is 9.43. The Morgan fingerprint density at radius 1 is 0.929 bits per heavy atom. The monoisotopic (exact) mass is 399 g/mol. The van der Waals surface area contributed by atoms with Crippen LogP contribution in [-0.2, 0) is 19.7 Å². The maximum Gasteiger partial charge on any atom is 0.163 e. The van der Waals surface area contributed by atoms with Crippen molar-refractivity contribution in [3.05, 3.63) is 93.8 Å². The number of ether oxygens (including phenoxy) is 2. The van der Waals surface area contributed by atoms with Gasteiger partial charge in [-0.1, -0.05) is 59.6 Å². The van der Waals surface area contributed by atoms with E-state index in [-0.39, 0.29) is 12.4 Å². The van der Waals surface area contributed by atoms with Crippen molar-refractivity contribution in [1.82, 2.24) is 5.32 Å². The quantitative estimate of drug-likeness (QED) is 0.529. The van der Waals surface area contributed by atoms with Crippen molar-refractivity contribution in [3.63, 3.8) is 0 Å². The Bertz CT molecular complexity index is 928. The summed E-state index contributed by atoms with van der Waals surface area (Å²) in [6.45, 7) is 3.50. The van der Waals surface area contributed by atoms with Crippen LogP contribution in [-0.4, -0.2) is 7.11 Å². The summed E-state index contributed by atoms with van der Waals surface area (Å²) in [5.74, 6) is 0.746. The van der Waals surface area contributed by atoms with Crippen LogP contribution in [0.1, 0.15) is 22.3 Å². The van der Waals surface area contributed by atoms with Gasteiger partial charge in [-0.2, -0.15) is 0 Å². The lowest BCUT2D eigenvalue weighted by Gasteiger charge is -2.15. The molecule has 1 N–H and O–H groups in total. The second kappa shape index (κ2) is 9.58. The van der Waals surface area contributed by atoms with Crippen molar-refractivity contribution in [2.45, 2.75) is 26.6 Å². The van der Waals surface area contributed by atoms with E-state index in [4.69, 9.17) is 21.1 Å². The fraction of sp³-hybridized carbons (Fsp3) is 0.217. The Morgan fingerprint density at radius 3 is 2.39 bits per heavy atom. The van der Waals surface area contributed by atoms with Crippen LogP contribution >= 0.6 is 11.6 Å². The number of benzene rings is 3. The molecule has 0 aliphatic rings. The van der Waals surface area contributed by atoms with Crippen molar-refractivity contribution >= 4 is 11.6 Å². The first-order chi connectivity index (χ1) is 13.6. The molecule has 0 heterocycles. The van der Waals surface area contributed by atoms with Crippen molar-refractivity contribution in [1.29, 1.82) is 0 Å². The van der Waals surface area contributed by atoms with Gasteiger partial charge in [-0.25, -0.2) is 4.39 Å². The smallest absolute Gasteiger partial charge is 0.163 e. The van der Waals surface area contributed by atoms with E-state index < -0.39 is 0 Å². The van der Waals surface area contributed by atoms with E-state index in [0.29, 0.717) is 28.6 Å². The fourth-order valence-corrected chi connectivity index (χ4v) is 3.02. The summed E-state index contributed by atoms with van der Waals surface area (Å²) < 4.78 is 25.0. The maximum atomic E-state index is 13.8. The second-order valence-electron chi connectivity index (χ2n) is 6.56. The third-order valence-corrected chi connectivity index (χ3v) is 4.79. The summed E-state index contributed by atoms with van der Waals surface area (Å²) in [4.78, 5) is 0. The fourth-order valence-electron chi connectivity index (χ4n) is 2.80. The van der Waals surface area contributed by atoms with Crippen LogP contribution in [0.15, 0.2) is 60.7 Å². The summed E-state index contributed by atoms with van der Waals surface area (Å²) in [5.41, 5.74) is 3.83. The molecular formula is C23H23ClFNO2. The van der Waals surface area contributed by atoms with Gasteiger partial charge in [-0.05, 0) is 30.2 Å². The van der Waals surface area contributed by atoms with E-state index in [0.717, 1.165) is 12.1 Å². The highest BCUT2D eigenvalue weighted by Crippen LogP contribution is 2.34. The molecule has 0 spiro atoms. The minimum absolute atomic E-state index is 0.102. The van der Waals surface area contributed by atoms with Gasteiger partial charge in [0.05, 0.1) is 7.11 Å². The highest BCUT2D eigenvalue weighted by molar-refractivity contribution is 6.31. The zero-order valence-corrected chi connectivity index (χ0v) is 16.7. The van der Waals surface area contributed by atoms with Gasteiger partial charge < -0.3 is 14.8 Å². The molecule has 0 radical (unpaired) electrons. The molecule has 0 atom stereocenters. The molecule has 0 aliphatic heterocycles. The van der Waals surface area contributed by atoms with Gasteiger partial charge in [0.25, 0.3) is 0 Å². The lowest BCUT2D eigenvalue weighted by molar-refractivity contribution is 0.279. The highest BCUT2D eigenvalue weighted by Gasteiger charge is 2.12. The van der Waals surface area contributed by atoms with Crippen LogP contribution in [0.4, 0.5) is 4.39 Å². The normalized spacial score (nSPS) is 10.7. The van der Waals surface area contributed by atoms with Gasteiger partial charge in [-0.15, -0.1) is 0 Å². The molecule has 0 aromatic heterocycles. The molecule has 5 heteroatoms. The molecule has 3 aromatic carbocycles. The van der Waals surface area contributed by atoms with Crippen molar-refractivity contribution in [3.8, 4) is 11.5 Å². The number of halogens is 2. The molecular weight excluding hydrogens is 377 g/mol.